The van der Waals surface area contributed by atoms with Crippen molar-refractivity contribution in [1.29, 1.82) is 0 Å². The van der Waals surface area contributed by atoms with Gasteiger partial charge >= 0.3 is 6.09 Å². The van der Waals surface area contributed by atoms with Crippen LogP contribution in [0.4, 0.5) is 4.79 Å². The summed E-state index contributed by atoms with van der Waals surface area (Å²) in [6, 6.07) is 0. The standard InChI is InChI=1S/C14H26ClNO3/c1-13(2,3)7-10(11(17)8-15)9-16-12(18)19-14(4,5)6/h10H,7-9H2,1-6H3,(H,16,18). The van der Waals surface area contributed by atoms with E-state index >= 15 is 0 Å². The van der Waals surface area contributed by atoms with Crippen molar-refractivity contribution >= 4 is 23.5 Å². The molecule has 0 saturated heterocycles. The predicted octanol–water partition coefficient (Wildman–Crippen LogP) is 3.37. The van der Waals surface area contributed by atoms with Gasteiger partial charge in [0.2, 0.25) is 0 Å². The van der Waals surface area contributed by atoms with E-state index in [1.54, 1.807) is 20.8 Å². The highest BCUT2D eigenvalue weighted by atomic mass is 35.5. The van der Waals surface area contributed by atoms with Gasteiger partial charge in [-0.2, -0.15) is 0 Å². The van der Waals surface area contributed by atoms with E-state index < -0.39 is 11.7 Å². The summed E-state index contributed by atoms with van der Waals surface area (Å²) >= 11 is 5.60. The minimum Gasteiger partial charge on any atom is -0.444 e. The third-order valence-corrected chi connectivity index (χ3v) is 2.60. The largest absolute Gasteiger partial charge is 0.444 e. The monoisotopic (exact) mass is 291 g/mol. The molecule has 0 aromatic heterocycles. The number of amides is 1. The van der Waals surface area contributed by atoms with Crippen LogP contribution in [0, 0.1) is 11.3 Å². The highest BCUT2D eigenvalue weighted by Gasteiger charge is 2.25. The fraction of sp³-hybridized carbons (Fsp3) is 0.857. The van der Waals surface area contributed by atoms with E-state index in [4.69, 9.17) is 16.3 Å². The molecular weight excluding hydrogens is 266 g/mol. The molecule has 0 saturated carbocycles. The lowest BCUT2D eigenvalue weighted by molar-refractivity contribution is -0.121. The summed E-state index contributed by atoms with van der Waals surface area (Å²) in [6.07, 6.45) is 0.169. The van der Waals surface area contributed by atoms with E-state index in [2.05, 4.69) is 26.1 Å². The van der Waals surface area contributed by atoms with E-state index in [1.807, 2.05) is 0 Å². The number of rotatable bonds is 5. The zero-order chi connectivity index (χ0) is 15.3. The quantitative estimate of drug-likeness (QED) is 0.790. The van der Waals surface area contributed by atoms with Gasteiger partial charge in [0.05, 0.1) is 5.88 Å². The van der Waals surface area contributed by atoms with Gasteiger partial charge in [-0.05, 0) is 32.6 Å². The first kappa shape index (κ1) is 18.2. The lowest BCUT2D eigenvalue weighted by Gasteiger charge is -2.26. The molecular formula is C14H26ClNO3. The highest BCUT2D eigenvalue weighted by Crippen LogP contribution is 2.25. The Kier molecular flexibility index (Phi) is 6.84. The molecule has 0 fully saturated rings. The van der Waals surface area contributed by atoms with Crippen molar-refractivity contribution in [3.63, 3.8) is 0 Å². The second-order valence-corrected chi connectivity index (χ2v) is 7.21. The van der Waals surface area contributed by atoms with Crippen LogP contribution in [0.15, 0.2) is 0 Å². The Hall–Kier alpha value is -0.770. The maximum absolute atomic E-state index is 11.8. The Morgan fingerprint density at radius 1 is 1.16 bits per heavy atom. The maximum atomic E-state index is 11.8. The molecule has 0 aromatic rings. The van der Waals surface area contributed by atoms with Crippen LogP contribution in [-0.4, -0.2) is 29.9 Å². The van der Waals surface area contributed by atoms with Crippen LogP contribution in [0.1, 0.15) is 48.0 Å². The first-order valence-electron chi connectivity index (χ1n) is 6.50. The van der Waals surface area contributed by atoms with E-state index in [1.165, 1.54) is 0 Å². The molecule has 1 atom stereocenters. The van der Waals surface area contributed by atoms with Gasteiger partial charge in [0.25, 0.3) is 0 Å². The summed E-state index contributed by atoms with van der Waals surface area (Å²) in [7, 11) is 0. The molecule has 0 aromatic carbocycles. The molecule has 4 nitrogen and oxygen atoms in total. The van der Waals surface area contributed by atoms with Gasteiger partial charge < -0.3 is 10.1 Å². The van der Waals surface area contributed by atoms with Crippen LogP contribution in [0.2, 0.25) is 0 Å². The minimum absolute atomic E-state index is 0.00198. The summed E-state index contributed by atoms with van der Waals surface area (Å²) in [6.45, 7) is 11.8. The number of nitrogens with one attached hydrogen (secondary N) is 1. The van der Waals surface area contributed by atoms with Crippen LogP contribution >= 0.6 is 11.6 Å². The number of hydrogen-bond acceptors (Lipinski definition) is 3. The molecule has 0 rings (SSSR count). The number of carbonyl (C=O) groups excluding carboxylic acids is 2. The normalized spacial score (nSPS) is 13.8. The summed E-state index contributed by atoms with van der Waals surface area (Å²) in [5.41, 5.74) is -0.540. The summed E-state index contributed by atoms with van der Waals surface area (Å²) in [5.74, 6) is -0.353. The highest BCUT2D eigenvalue weighted by molar-refractivity contribution is 6.27. The summed E-state index contributed by atoms with van der Waals surface area (Å²) in [5, 5.41) is 2.64. The van der Waals surface area contributed by atoms with Crippen LogP contribution in [0.25, 0.3) is 0 Å². The average Bonchev–Trinajstić information content (AvgIpc) is 2.19. The van der Waals surface area contributed by atoms with Crippen molar-refractivity contribution in [2.45, 2.75) is 53.6 Å². The lowest BCUT2D eigenvalue weighted by Crippen LogP contribution is -2.38. The van der Waals surface area contributed by atoms with Crippen molar-refractivity contribution in [3.05, 3.63) is 0 Å². The zero-order valence-electron chi connectivity index (χ0n) is 12.8. The number of ketones is 1. The van der Waals surface area contributed by atoms with Crippen LogP contribution in [-0.2, 0) is 9.53 Å². The smallest absolute Gasteiger partial charge is 0.407 e. The molecule has 0 radical (unpaired) electrons. The van der Waals surface area contributed by atoms with Crippen molar-refractivity contribution in [2.75, 3.05) is 12.4 Å². The third kappa shape index (κ3) is 9.77. The third-order valence-electron chi connectivity index (χ3n) is 2.34. The zero-order valence-corrected chi connectivity index (χ0v) is 13.6. The van der Waals surface area contributed by atoms with E-state index in [-0.39, 0.29) is 29.5 Å². The van der Waals surface area contributed by atoms with Crippen molar-refractivity contribution in [3.8, 4) is 0 Å². The molecule has 1 amide bonds. The first-order chi connectivity index (χ1) is 8.44. The number of alkyl halides is 1. The summed E-state index contributed by atoms with van der Waals surface area (Å²) < 4.78 is 5.14. The van der Waals surface area contributed by atoms with Gasteiger partial charge in [0.15, 0.2) is 5.78 Å². The Balaban J connectivity index is 4.43. The molecule has 1 N–H and O–H groups in total. The van der Waals surface area contributed by atoms with Gasteiger partial charge in [-0.25, -0.2) is 4.79 Å². The molecule has 0 bridgehead atoms. The van der Waals surface area contributed by atoms with Crippen molar-refractivity contribution in [2.24, 2.45) is 11.3 Å². The van der Waals surface area contributed by atoms with Crippen molar-refractivity contribution < 1.29 is 14.3 Å². The number of carbonyl (C=O) groups is 2. The second kappa shape index (κ2) is 7.13. The van der Waals surface area contributed by atoms with Gasteiger partial charge in [-0.1, -0.05) is 20.8 Å². The van der Waals surface area contributed by atoms with Gasteiger partial charge in [0.1, 0.15) is 5.60 Å². The van der Waals surface area contributed by atoms with Gasteiger partial charge in [-0.3, -0.25) is 4.79 Å². The van der Waals surface area contributed by atoms with E-state index in [9.17, 15) is 9.59 Å². The Bertz CT molecular complexity index is 316. The molecule has 0 aliphatic heterocycles. The fourth-order valence-corrected chi connectivity index (χ4v) is 1.89. The molecule has 0 aliphatic carbocycles. The van der Waals surface area contributed by atoms with Gasteiger partial charge in [0, 0.05) is 12.5 Å². The number of halogens is 1. The number of hydrogen-bond donors (Lipinski definition) is 1. The fourth-order valence-electron chi connectivity index (χ4n) is 1.67. The summed E-state index contributed by atoms with van der Waals surface area (Å²) in [4.78, 5) is 23.3. The molecule has 1 unspecified atom stereocenters. The molecule has 0 aliphatic rings. The lowest BCUT2D eigenvalue weighted by atomic mass is 9.83. The van der Waals surface area contributed by atoms with E-state index in [0.29, 0.717) is 6.42 Å². The molecule has 112 valence electrons. The Labute approximate surface area is 121 Å². The molecule has 19 heavy (non-hydrogen) atoms. The molecule has 0 heterocycles. The maximum Gasteiger partial charge on any atom is 0.407 e. The minimum atomic E-state index is -0.542. The van der Waals surface area contributed by atoms with Crippen LogP contribution in [0.3, 0.4) is 0 Å². The van der Waals surface area contributed by atoms with Crippen molar-refractivity contribution in [1.82, 2.24) is 5.32 Å². The number of Topliss-reactive ketones (excluding diaryl/α,β-unsaturated/α-hetero) is 1. The second-order valence-electron chi connectivity index (χ2n) is 6.94. The topological polar surface area (TPSA) is 55.4 Å². The first-order valence-corrected chi connectivity index (χ1v) is 7.03. The van der Waals surface area contributed by atoms with Gasteiger partial charge in [-0.15, -0.1) is 11.6 Å². The van der Waals surface area contributed by atoms with Crippen LogP contribution < -0.4 is 5.32 Å². The van der Waals surface area contributed by atoms with Crippen LogP contribution in [0.5, 0.6) is 0 Å². The SMILES string of the molecule is CC(C)(C)CC(CNC(=O)OC(C)(C)C)C(=O)CCl. The average molecular weight is 292 g/mol. The Morgan fingerprint density at radius 2 is 1.68 bits per heavy atom. The molecule has 5 heteroatoms. The predicted molar refractivity (Wildman–Crippen MR) is 77.5 cm³/mol. The Morgan fingerprint density at radius 3 is 2.05 bits per heavy atom. The number of ether oxygens (including phenoxy) is 1. The van der Waals surface area contributed by atoms with E-state index in [0.717, 1.165) is 0 Å². The molecule has 0 spiro atoms. The number of alkyl carbamates (subject to hydrolysis) is 1.